The molecule has 0 unspecified atom stereocenters. The number of nitrogens with zero attached hydrogens (tertiary/aromatic N) is 3. The molecule has 0 spiro atoms. The van der Waals surface area contributed by atoms with Crippen molar-refractivity contribution in [1.29, 1.82) is 0 Å². The molecule has 142 valence electrons. The normalized spacial score (nSPS) is 11.8. The minimum absolute atomic E-state index is 0.0524. The van der Waals surface area contributed by atoms with Gasteiger partial charge in [0.25, 0.3) is 0 Å². The third-order valence-corrected chi connectivity index (χ3v) is 3.71. The Kier molecular flexibility index (Phi) is 4.77. The number of methoxy groups -OCH3 is 1. The molecule has 0 aliphatic rings. The van der Waals surface area contributed by atoms with Gasteiger partial charge >= 0.3 is 12.1 Å². The third-order valence-electron chi connectivity index (χ3n) is 3.71. The quantitative estimate of drug-likeness (QED) is 0.642. The number of benzene rings is 1. The molecule has 0 radical (unpaired) electrons. The van der Waals surface area contributed by atoms with Gasteiger partial charge in [-0.2, -0.15) is 18.3 Å². The number of aromatic nitrogens is 3. The summed E-state index contributed by atoms with van der Waals surface area (Å²) in [5, 5.41) is 3.69. The largest absolute Gasteiger partial charge is 0.497 e. The van der Waals surface area contributed by atoms with Gasteiger partial charge in [-0.15, -0.1) is 0 Å². The van der Waals surface area contributed by atoms with Crippen LogP contribution in [-0.2, 0) is 10.9 Å². The fraction of sp³-hybridized carbons (Fsp3) is 0.278. The van der Waals surface area contributed by atoms with E-state index < -0.39 is 23.9 Å². The van der Waals surface area contributed by atoms with Crippen molar-refractivity contribution < 1.29 is 27.4 Å². The second-order valence-corrected chi connectivity index (χ2v) is 6.00. The van der Waals surface area contributed by atoms with Crippen LogP contribution in [0.5, 0.6) is 5.75 Å². The Labute approximate surface area is 152 Å². The number of fused-ring (bicyclic) bond motifs is 1. The Hall–Kier alpha value is -3.10. The van der Waals surface area contributed by atoms with Gasteiger partial charge in [-0.1, -0.05) is 0 Å². The summed E-state index contributed by atoms with van der Waals surface area (Å²) in [6, 6.07) is 7.28. The fourth-order valence-electron chi connectivity index (χ4n) is 2.50. The molecular weight excluding hydrogens is 363 g/mol. The summed E-state index contributed by atoms with van der Waals surface area (Å²) in [4.78, 5) is 16.4. The molecule has 3 rings (SSSR count). The van der Waals surface area contributed by atoms with Gasteiger partial charge in [-0.25, -0.2) is 14.3 Å². The van der Waals surface area contributed by atoms with Crippen molar-refractivity contribution in [3.05, 3.63) is 47.8 Å². The van der Waals surface area contributed by atoms with Crippen LogP contribution in [0.25, 0.3) is 16.9 Å². The SMILES string of the molecule is COc1ccc(-c2cc(C(F)(F)F)n3ncc(C(=O)OC(C)C)c3n2)cc1. The maximum absolute atomic E-state index is 13.5. The molecule has 0 aliphatic heterocycles. The van der Waals surface area contributed by atoms with E-state index in [0.717, 1.165) is 12.3 Å². The highest BCUT2D eigenvalue weighted by atomic mass is 19.4. The molecule has 0 saturated heterocycles. The summed E-state index contributed by atoms with van der Waals surface area (Å²) in [6.45, 7) is 3.28. The lowest BCUT2D eigenvalue weighted by atomic mass is 10.1. The van der Waals surface area contributed by atoms with Gasteiger partial charge in [-0.05, 0) is 44.2 Å². The van der Waals surface area contributed by atoms with Crippen LogP contribution in [0.15, 0.2) is 36.5 Å². The molecule has 0 bridgehead atoms. The lowest BCUT2D eigenvalue weighted by molar-refractivity contribution is -0.142. The molecular formula is C18H16F3N3O3. The number of halogens is 3. The Morgan fingerprint density at radius 3 is 2.41 bits per heavy atom. The Morgan fingerprint density at radius 1 is 1.19 bits per heavy atom. The van der Waals surface area contributed by atoms with E-state index in [1.807, 2.05) is 0 Å². The van der Waals surface area contributed by atoms with Gasteiger partial charge < -0.3 is 9.47 Å². The first-order chi connectivity index (χ1) is 12.7. The van der Waals surface area contributed by atoms with Crippen LogP contribution in [0.2, 0.25) is 0 Å². The van der Waals surface area contributed by atoms with Gasteiger partial charge in [0, 0.05) is 5.56 Å². The molecule has 2 aromatic heterocycles. The van der Waals surface area contributed by atoms with E-state index >= 15 is 0 Å². The number of carbonyl (C=O) groups excluding carboxylic acids is 1. The smallest absolute Gasteiger partial charge is 0.433 e. The van der Waals surface area contributed by atoms with Gasteiger partial charge in [0.05, 0.1) is 25.1 Å². The maximum Gasteiger partial charge on any atom is 0.433 e. The minimum Gasteiger partial charge on any atom is -0.497 e. The van der Waals surface area contributed by atoms with Crippen molar-refractivity contribution in [1.82, 2.24) is 14.6 Å². The molecule has 27 heavy (non-hydrogen) atoms. The van der Waals surface area contributed by atoms with Gasteiger partial charge in [0.15, 0.2) is 11.3 Å². The molecule has 0 aliphatic carbocycles. The molecule has 0 saturated carbocycles. The van der Waals surface area contributed by atoms with E-state index in [1.165, 1.54) is 7.11 Å². The van der Waals surface area contributed by atoms with Crippen molar-refractivity contribution in [2.45, 2.75) is 26.1 Å². The highest BCUT2D eigenvalue weighted by Crippen LogP contribution is 2.33. The summed E-state index contributed by atoms with van der Waals surface area (Å²) in [6.07, 6.45) is -4.09. The van der Waals surface area contributed by atoms with E-state index in [0.29, 0.717) is 15.8 Å². The van der Waals surface area contributed by atoms with Gasteiger partial charge in [0.1, 0.15) is 11.3 Å². The lowest BCUT2D eigenvalue weighted by Gasteiger charge is -2.12. The summed E-state index contributed by atoms with van der Waals surface area (Å²) in [7, 11) is 1.49. The monoisotopic (exact) mass is 379 g/mol. The van der Waals surface area contributed by atoms with Gasteiger partial charge in [0.2, 0.25) is 0 Å². The van der Waals surface area contributed by atoms with Gasteiger partial charge in [-0.3, -0.25) is 0 Å². The summed E-state index contributed by atoms with van der Waals surface area (Å²) >= 11 is 0. The summed E-state index contributed by atoms with van der Waals surface area (Å²) in [5.74, 6) is -0.228. The number of rotatable bonds is 4. The van der Waals surface area contributed by atoms with E-state index in [2.05, 4.69) is 10.1 Å². The van der Waals surface area contributed by atoms with Crippen LogP contribution in [-0.4, -0.2) is 33.8 Å². The Bertz CT molecular complexity index is 979. The second-order valence-electron chi connectivity index (χ2n) is 6.00. The molecule has 0 fully saturated rings. The van der Waals surface area contributed by atoms with Crippen LogP contribution in [0, 0.1) is 0 Å². The van der Waals surface area contributed by atoms with Crippen LogP contribution >= 0.6 is 0 Å². The number of alkyl halides is 3. The van der Waals surface area contributed by atoms with E-state index in [9.17, 15) is 18.0 Å². The zero-order valence-corrected chi connectivity index (χ0v) is 14.7. The van der Waals surface area contributed by atoms with E-state index in [1.54, 1.807) is 38.1 Å². The first-order valence-corrected chi connectivity index (χ1v) is 8.02. The predicted octanol–water partition coefficient (Wildman–Crippen LogP) is 3.99. The van der Waals surface area contributed by atoms with Crippen LogP contribution in [0.3, 0.4) is 0 Å². The molecule has 2 heterocycles. The van der Waals surface area contributed by atoms with Crippen molar-refractivity contribution >= 4 is 11.6 Å². The molecule has 9 heteroatoms. The van der Waals surface area contributed by atoms with Crippen molar-refractivity contribution in [3.8, 4) is 17.0 Å². The van der Waals surface area contributed by atoms with E-state index in [-0.39, 0.29) is 16.9 Å². The molecule has 1 aromatic carbocycles. The zero-order chi connectivity index (χ0) is 19.8. The third kappa shape index (κ3) is 3.71. The Morgan fingerprint density at radius 2 is 1.85 bits per heavy atom. The molecule has 0 N–H and O–H groups in total. The van der Waals surface area contributed by atoms with Crippen molar-refractivity contribution in [2.24, 2.45) is 0 Å². The lowest BCUT2D eigenvalue weighted by Crippen LogP contribution is -2.15. The number of carbonyl (C=O) groups is 1. The first kappa shape index (κ1) is 18.7. The molecule has 0 amide bonds. The Balaban J connectivity index is 2.21. The summed E-state index contributed by atoms with van der Waals surface area (Å²) in [5.41, 5.74) is -0.905. The van der Waals surface area contributed by atoms with Crippen LogP contribution in [0.1, 0.15) is 29.9 Å². The van der Waals surface area contributed by atoms with Crippen molar-refractivity contribution in [3.63, 3.8) is 0 Å². The minimum atomic E-state index is -4.69. The highest BCUT2D eigenvalue weighted by Gasteiger charge is 2.36. The fourth-order valence-corrected chi connectivity index (χ4v) is 2.50. The average molecular weight is 379 g/mol. The summed E-state index contributed by atoms with van der Waals surface area (Å²) < 4.78 is 51.3. The number of hydrogen-bond donors (Lipinski definition) is 0. The van der Waals surface area contributed by atoms with E-state index in [4.69, 9.17) is 9.47 Å². The predicted molar refractivity (Wildman–Crippen MR) is 90.5 cm³/mol. The number of ether oxygens (including phenoxy) is 2. The van der Waals surface area contributed by atoms with Crippen LogP contribution in [0.4, 0.5) is 13.2 Å². The maximum atomic E-state index is 13.5. The molecule has 6 nitrogen and oxygen atoms in total. The number of hydrogen-bond acceptors (Lipinski definition) is 5. The first-order valence-electron chi connectivity index (χ1n) is 8.02. The topological polar surface area (TPSA) is 65.7 Å². The highest BCUT2D eigenvalue weighted by molar-refractivity contribution is 5.96. The average Bonchev–Trinajstić information content (AvgIpc) is 3.03. The van der Waals surface area contributed by atoms with Crippen LogP contribution < -0.4 is 4.74 Å². The second kappa shape index (κ2) is 6.90. The standard InChI is InChI=1S/C18H16F3N3O3/c1-10(2)27-17(25)13-9-22-24-15(18(19,20)21)8-14(23-16(13)24)11-4-6-12(26-3)7-5-11/h4-10H,1-3H3. The zero-order valence-electron chi connectivity index (χ0n) is 14.7. The molecule has 3 aromatic rings. The number of esters is 1. The van der Waals surface area contributed by atoms with Crippen molar-refractivity contribution in [2.75, 3.05) is 7.11 Å². The molecule has 0 atom stereocenters.